The number of piperidine rings is 1. The number of aliphatic hydroxyl groups is 1. The third-order valence-electron chi connectivity index (χ3n) is 2.75. The molecule has 1 saturated heterocycles. The van der Waals surface area contributed by atoms with E-state index in [9.17, 15) is 9.90 Å². The highest BCUT2D eigenvalue weighted by Crippen LogP contribution is 2.13. The SMILES string of the molecule is Cc1nc(CC(=O)N2CCCC(O)C2)cs1. The summed E-state index contributed by atoms with van der Waals surface area (Å²) in [6.45, 7) is 3.17. The maximum Gasteiger partial charge on any atom is 0.228 e. The number of aliphatic hydroxyl groups excluding tert-OH is 1. The highest BCUT2D eigenvalue weighted by Gasteiger charge is 2.22. The number of β-amino-alcohol motifs (C(OH)–C–C–N with tert-alkyl or cyclic N) is 1. The molecule has 1 aromatic rings. The molecular formula is C11H16N2O2S. The number of aryl methyl sites for hydroxylation is 1. The molecule has 1 aliphatic heterocycles. The third kappa shape index (κ3) is 2.80. The lowest BCUT2D eigenvalue weighted by molar-refractivity contribution is -0.133. The zero-order chi connectivity index (χ0) is 11.5. The second-order valence-corrected chi connectivity index (χ2v) is 5.23. The van der Waals surface area contributed by atoms with E-state index in [0.717, 1.165) is 30.1 Å². The van der Waals surface area contributed by atoms with Crippen molar-refractivity contribution in [2.24, 2.45) is 0 Å². The van der Waals surface area contributed by atoms with Gasteiger partial charge in [-0.25, -0.2) is 4.98 Å². The van der Waals surface area contributed by atoms with Gasteiger partial charge in [-0.15, -0.1) is 11.3 Å². The van der Waals surface area contributed by atoms with E-state index >= 15 is 0 Å². The summed E-state index contributed by atoms with van der Waals surface area (Å²) >= 11 is 1.56. The maximum atomic E-state index is 11.9. The largest absolute Gasteiger partial charge is 0.391 e. The van der Waals surface area contributed by atoms with E-state index in [2.05, 4.69) is 4.98 Å². The second kappa shape index (κ2) is 4.93. The molecular weight excluding hydrogens is 224 g/mol. The Morgan fingerprint density at radius 2 is 2.56 bits per heavy atom. The first-order valence-electron chi connectivity index (χ1n) is 5.52. The van der Waals surface area contributed by atoms with Crippen LogP contribution in [0.4, 0.5) is 0 Å². The number of likely N-dealkylation sites (tertiary alicyclic amines) is 1. The van der Waals surface area contributed by atoms with Crippen LogP contribution in [0.2, 0.25) is 0 Å². The van der Waals surface area contributed by atoms with Gasteiger partial charge >= 0.3 is 0 Å². The van der Waals surface area contributed by atoms with Gasteiger partial charge in [-0.1, -0.05) is 0 Å². The first-order valence-corrected chi connectivity index (χ1v) is 6.40. The number of carbonyl (C=O) groups excluding carboxylic acids is 1. The van der Waals surface area contributed by atoms with E-state index < -0.39 is 0 Å². The molecule has 0 spiro atoms. The summed E-state index contributed by atoms with van der Waals surface area (Å²) in [5.41, 5.74) is 0.840. The van der Waals surface area contributed by atoms with Gasteiger partial charge in [0.15, 0.2) is 0 Å². The van der Waals surface area contributed by atoms with Gasteiger partial charge in [0.1, 0.15) is 0 Å². The molecule has 5 heteroatoms. The predicted octanol–water partition coefficient (Wildman–Crippen LogP) is 0.977. The zero-order valence-electron chi connectivity index (χ0n) is 9.35. The number of nitrogens with zero attached hydrogens (tertiary/aromatic N) is 2. The number of aromatic nitrogens is 1. The third-order valence-corrected chi connectivity index (χ3v) is 3.57. The molecule has 0 bridgehead atoms. The van der Waals surface area contributed by atoms with Crippen LogP contribution >= 0.6 is 11.3 Å². The minimum Gasteiger partial charge on any atom is -0.391 e. The fraction of sp³-hybridized carbons (Fsp3) is 0.636. The summed E-state index contributed by atoms with van der Waals surface area (Å²) in [7, 11) is 0. The molecule has 1 N–H and O–H groups in total. The lowest BCUT2D eigenvalue weighted by Gasteiger charge is -2.29. The van der Waals surface area contributed by atoms with Gasteiger partial charge in [0.2, 0.25) is 5.91 Å². The Morgan fingerprint density at radius 1 is 1.75 bits per heavy atom. The first kappa shape index (κ1) is 11.5. The van der Waals surface area contributed by atoms with E-state index in [1.807, 2.05) is 12.3 Å². The number of thiazole rings is 1. The zero-order valence-corrected chi connectivity index (χ0v) is 10.2. The Hall–Kier alpha value is -0.940. The molecule has 0 aromatic carbocycles. The summed E-state index contributed by atoms with van der Waals surface area (Å²) in [5.74, 6) is 0.0732. The Morgan fingerprint density at radius 3 is 3.19 bits per heavy atom. The predicted molar refractivity (Wildman–Crippen MR) is 62.4 cm³/mol. The van der Waals surface area contributed by atoms with Gasteiger partial charge < -0.3 is 10.0 Å². The minimum absolute atomic E-state index is 0.0732. The molecule has 1 aliphatic rings. The highest BCUT2D eigenvalue weighted by molar-refractivity contribution is 7.09. The summed E-state index contributed by atoms with van der Waals surface area (Å²) in [6, 6.07) is 0. The normalized spacial score (nSPS) is 21.1. The highest BCUT2D eigenvalue weighted by atomic mass is 32.1. The molecule has 2 heterocycles. The van der Waals surface area contributed by atoms with Gasteiger partial charge in [0.25, 0.3) is 0 Å². The number of hydrogen-bond donors (Lipinski definition) is 1. The molecule has 1 unspecified atom stereocenters. The van der Waals surface area contributed by atoms with Crippen LogP contribution in [0.5, 0.6) is 0 Å². The van der Waals surface area contributed by atoms with Crippen LogP contribution in [0.25, 0.3) is 0 Å². The van der Waals surface area contributed by atoms with Gasteiger partial charge in [-0.05, 0) is 19.8 Å². The average molecular weight is 240 g/mol. The fourth-order valence-electron chi connectivity index (χ4n) is 1.94. The number of amides is 1. The van der Waals surface area contributed by atoms with Gasteiger partial charge in [-0.2, -0.15) is 0 Å². The monoisotopic (exact) mass is 240 g/mol. The Labute approximate surface area is 98.9 Å². The summed E-state index contributed by atoms with van der Waals surface area (Å²) < 4.78 is 0. The van der Waals surface area contributed by atoms with E-state index in [1.54, 1.807) is 16.2 Å². The van der Waals surface area contributed by atoms with Crippen LogP contribution in [0.3, 0.4) is 0 Å². The van der Waals surface area contributed by atoms with Gasteiger partial charge in [0, 0.05) is 18.5 Å². The summed E-state index contributed by atoms with van der Waals surface area (Å²) in [5, 5.41) is 12.4. The van der Waals surface area contributed by atoms with E-state index in [1.165, 1.54) is 0 Å². The van der Waals surface area contributed by atoms with Crippen molar-refractivity contribution in [2.75, 3.05) is 13.1 Å². The van der Waals surface area contributed by atoms with Crippen molar-refractivity contribution in [1.82, 2.24) is 9.88 Å². The van der Waals surface area contributed by atoms with Crippen molar-refractivity contribution in [1.29, 1.82) is 0 Å². The quantitative estimate of drug-likeness (QED) is 0.838. The average Bonchev–Trinajstić information content (AvgIpc) is 2.64. The molecule has 1 amide bonds. The van der Waals surface area contributed by atoms with E-state index in [4.69, 9.17) is 0 Å². The van der Waals surface area contributed by atoms with Crippen LogP contribution in [0.15, 0.2) is 5.38 Å². The van der Waals surface area contributed by atoms with Gasteiger partial charge in [-0.3, -0.25) is 4.79 Å². The number of carbonyl (C=O) groups is 1. The second-order valence-electron chi connectivity index (χ2n) is 4.17. The van der Waals surface area contributed by atoms with Crippen molar-refractivity contribution in [3.63, 3.8) is 0 Å². The number of hydrogen-bond acceptors (Lipinski definition) is 4. The van der Waals surface area contributed by atoms with Crippen molar-refractivity contribution >= 4 is 17.2 Å². The Balaban J connectivity index is 1.92. The van der Waals surface area contributed by atoms with Crippen LogP contribution in [-0.2, 0) is 11.2 Å². The van der Waals surface area contributed by atoms with Gasteiger partial charge in [0.05, 0.1) is 23.2 Å². The fourth-order valence-corrected chi connectivity index (χ4v) is 2.55. The topological polar surface area (TPSA) is 53.4 Å². The molecule has 1 aromatic heterocycles. The molecule has 88 valence electrons. The molecule has 1 atom stereocenters. The lowest BCUT2D eigenvalue weighted by Crippen LogP contribution is -2.42. The van der Waals surface area contributed by atoms with Crippen LogP contribution in [0.1, 0.15) is 23.5 Å². The minimum atomic E-state index is -0.352. The van der Waals surface area contributed by atoms with Crippen molar-refractivity contribution < 1.29 is 9.90 Å². The molecule has 4 nitrogen and oxygen atoms in total. The molecule has 0 saturated carbocycles. The van der Waals surface area contributed by atoms with Crippen LogP contribution in [-0.4, -0.2) is 40.1 Å². The molecule has 1 fully saturated rings. The van der Waals surface area contributed by atoms with Crippen LogP contribution in [0, 0.1) is 6.92 Å². The van der Waals surface area contributed by atoms with Crippen molar-refractivity contribution in [3.8, 4) is 0 Å². The number of rotatable bonds is 2. The van der Waals surface area contributed by atoms with Crippen molar-refractivity contribution in [3.05, 3.63) is 16.1 Å². The summed E-state index contributed by atoms with van der Waals surface area (Å²) in [4.78, 5) is 17.9. The molecule has 0 aliphatic carbocycles. The van der Waals surface area contributed by atoms with E-state index in [-0.39, 0.29) is 12.0 Å². The molecule has 2 rings (SSSR count). The first-order chi connectivity index (χ1) is 7.65. The smallest absolute Gasteiger partial charge is 0.228 e. The van der Waals surface area contributed by atoms with E-state index in [0.29, 0.717) is 13.0 Å². The van der Waals surface area contributed by atoms with Crippen molar-refractivity contribution in [2.45, 2.75) is 32.3 Å². The Bertz CT molecular complexity index is 378. The summed E-state index contributed by atoms with van der Waals surface area (Å²) in [6.07, 6.45) is 1.70. The Kier molecular flexibility index (Phi) is 3.56. The van der Waals surface area contributed by atoms with Crippen LogP contribution < -0.4 is 0 Å². The maximum absolute atomic E-state index is 11.9. The molecule has 0 radical (unpaired) electrons. The standard InChI is InChI=1S/C11H16N2O2S/c1-8-12-9(7-16-8)5-11(15)13-4-2-3-10(14)6-13/h7,10,14H,2-6H2,1H3. The lowest BCUT2D eigenvalue weighted by atomic mass is 10.1. The molecule has 16 heavy (non-hydrogen) atoms.